The first-order valence-corrected chi connectivity index (χ1v) is 5.52. The number of aliphatic hydroxyl groups is 1. The van der Waals surface area contributed by atoms with E-state index in [0.29, 0.717) is 0 Å². The Bertz CT molecular complexity index is 174. The number of nitrogens with zero attached hydrogens (tertiary/aromatic N) is 2. The zero-order valence-electron chi connectivity index (χ0n) is 9.95. The van der Waals surface area contributed by atoms with Crippen molar-refractivity contribution in [3.8, 4) is 0 Å². The minimum absolute atomic E-state index is 0.567. The SMILES string of the molecule is CCC1CN(CC(C)(O)CN(C)C)C1. The second-order valence-corrected chi connectivity index (χ2v) is 5.20. The summed E-state index contributed by atoms with van der Waals surface area (Å²) in [5.41, 5.74) is -0.567. The molecule has 0 bridgehead atoms. The molecule has 1 saturated heterocycles. The monoisotopic (exact) mass is 200 g/mol. The van der Waals surface area contributed by atoms with Crippen LogP contribution in [0.2, 0.25) is 0 Å². The average molecular weight is 200 g/mol. The van der Waals surface area contributed by atoms with E-state index in [4.69, 9.17) is 0 Å². The molecule has 1 fully saturated rings. The van der Waals surface area contributed by atoms with E-state index < -0.39 is 5.60 Å². The van der Waals surface area contributed by atoms with Gasteiger partial charge >= 0.3 is 0 Å². The van der Waals surface area contributed by atoms with Crippen molar-refractivity contribution in [2.24, 2.45) is 5.92 Å². The van der Waals surface area contributed by atoms with Crippen LogP contribution in [0.15, 0.2) is 0 Å². The van der Waals surface area contributed by atoms with Crippen LogP contribution in [0.5, 0.6) is 0 Å². The molecule has 0 aromatic carbocycles. The van der Waals surface area contributed by atoms with E-state index >= 15 is 0 Å². The maximum absolute atomic E-state index is 10.1. The maximum Gasteiger partial charge on any atom is 0.0871 e. The van der Waals surface area contributed by atoms with Gasteiger partial charge in [-0.05, 0) is 26.9 Å². The van der Waals surface area contributed by atoms with E-state index in [9.17, 15) is 5.11 Å². The van der Waals surface area contributed by atoms with Crippen LogP contribution in [0.3, 0.4) is 0 Å². The smallest absolute Gasteiger partial charge is 0.0871 e. The van der Waals surface area contributed by atoms with Crippen molar-refractivity contribution >= 4 is 0 Å². The molecule has 84 valence electrons. The highest BCUT2D eigenvalue weighted by molar-refractivity contribution is 4.86. The molecule has 0 amide bonds. The van der Waals surface area contributed by atoms with Crippen LogP contribution in [0.25, 0.3) is 0 Å². The number of likely N-dealkylation sites (tertiary alicyclic amines) is 1. The lowest BCUT2D eigenvalue weighted by Gasteiger charge is -2.43. The Morgan fingerprint density at radius 3 is 2.43 bits per heavy atom. The van der Waals surface area contributed by atoms with E-state index in [2.05, 4.69) is 11.8 Å². The lowest BCUT2D eigenvalue weighted by Crippen LogP contribution is -2.55. The molecule has 1 unspecified atom stereocenters. The fourth-order valence-electron chi connectivity index (χ4n) is 2.28. The summed E-state index contributed by atoms with van der Waals surface area (Å²) in [6, 6.07) is 0. The Morgan fingerprint density at radius 1 is 1.43 bits per heavy atom. The summed E-state index contributed by atoms with van der Waals surface area (Å²) < 4.78 is 0. The van der Waals surface area contributed by atoms with E-state index in [-0.39, 0.29) is 0 Å². The van der Waals surface area contributed by atoms with Crippen molar-refractivity contribution in [3.63, 3.8) is 0 Å². The molecule has 0 aromatic rings. The van der Waals surface area contributed by atoms with Crippen LogP contribution in [-0.4, -0.2) is 60.8 Å². The van der Waals surface area contributed by atoms with Gasteiger partial charge in [-0.25, -0.2) is 0 Å². The fourth-order valence-corrected chi connectivity index (χ4v) is 2.28. The second kappa shape index (κ2) is 4.60. The van der Waals surface area contributed by atoms with Crippen LogP contribution in [0.1, 0.15) is 20.3 Å². The van der Waals surface area contributed by atoms with Crippen molar-refractivity contribution < 1.29 is 5.11 Å². The normalized spacial score (nSPS) is 23.6. The quantitative estimate of drug-likeness (QED) is 0.705. The Kier molecular flexibility index (Phi) is 3.93. The Labute approximate surface area is 87.7 Å². The molecule has 1 aliphatic heterocycles. The first-order chi connectivity index (χ1) is 6.43. The van der Waals surface area contributed by atoms with Gasteiger partial charge in [0.1, 0.15) is 0 Å². The van der Waals surface area contributed by atoms with Gasteiger partial charge in [0.05, 0.1) is 5.60 Å². The molecule has 0 spiro atoms. The van der Waals surface area contributed by atoms with E-state index in [1.807, 2.05) is 25.9 Å². The first kappa shape index (κ1) is 12.0. The zero-order valence-corrected chi connectivity index (χ0v) is 9.95. The van der Waals surface area contributed by atoms with Gasteiger partial charge in [-0.1, -0.05) is 13.3 Å². The molecule has 0 saturated carbocycles. The average Bonchev–Trinajstić information content (AvgIpc) is 1.93. The molecule has 1 aliphatic rings. The van der Waals surface area contributed by atoms with Gasteiger partial charge in [0.2, 0.25) is 0 Å². The maximum atomic E-state index is 10.1. The Hall–Kier alpha value is -0.120. The Balaban J connectivity index is 2.23. The molecule has 3 nitrogen and oxygen atoms in total. The van der Waals surface area contributed by atoms with Crippen LogP contribution < -0.4 is 0 Å². The van der Waals surface area contributed by atoms with Crippen LogP contribution >= 0.6 is 0 Å². The van der Waals surface area contributed by atoms with Crippen molar-refractivity contribution in [1.82, 2.24) is 9.80 Å². The Morgan fingerprint density at radius 2 is 2.00 bits per heavy atom. The summed E-state index contributed by atoms with van der Waals surface area (Å²) in [4.78, 5) is 4.38. The van der Waals surface area contributed by atoms with Crippen molar-refractivity contribution in [2.45, 2.75) is 25.9 Å². The molecule has 0 aliphatic carbocycles. The van der Waals surface area contributed by atoms with Crippen LogP contribution in [-0.2, 0) is 0 Å². The van der Waals surface area contributed by atoms with Gasteiger partial charge < -0.3 is 10.0 Å². The number of β-amino-alcohol motifs (C(OH)–C–C–N with tert-alkyl or cyclic N) is 1. The molecule has 3 heteroatoms. The lowest BCUT2D eigenvalue weighted by atomic mass is 9.94. The van der Waals surface area contributed by atoms with E-state index in [1.165, 1.54) is 19.5 Å². The summed E-state index contributed by atoms with van der Waals surface area (Å²) in [5.74, 6) is 0.866. The second-order valence-electron chi connectivity index (χ2n) is 5.20. The first-order valence-electron chi connectivity index (χ1n) is 5.52. The topological polar surface area (TPSA) is 26.7 Å². The summed E-state index contributed by atoms with van der Waals surface area (Å²) in [6.45, 7) is 8.04. The zero-order chi connectivity index (χ0) is 10.8. The fraction of sp³-hybridized carbons (Fsp3) is 1.00. The summed E-state index contributed by atoms with van der Waals surface area (Å²) in [6.07, 6.45) is 1.27. The third-order valence-corrected chi connectivity index (χ3v) is 2.83. The molecule has 14 heavy (non-hydrogen) atoms. The van der Waals surface area contributed by atoms with Gasteiger partial charge in [0, 0.05) is 26.2 Å². The van der Waals surface area contributed by atoms with Crippen LogP contribution in [0, 0.1) is 5.92 Å². The molecular weight excluding hydrogens is 176 g/mol. The highest BCUT2D eigenvalue weighted by Gasteiger charge is 2.31. The predicted octanol–water partition coefficient (Wildman–Crippen LogP) is 0.641. The summed E-state index contributed by atoms with van der Waals surface area (Å²) >= 11 is 0. The number of likely N-dealkylation sites (N-methyl/N-ethyl adjacent to an activating group) is 1. The minimum Gasteiger partial charge on any atom is -0.388 e. The molecule has 1 heterocycles. The summed E-state index contributed by atoms with van der Waals surface area (Å²) in [5, 5.41) is 10.1. The third-order valence-electron chi connectivity index (χ3n) is 2.83. The highest BCUT2D eigenvalue weighted by Crippen LogP contribution is 2.21. The number of rotatable bonds is 5. The van der Waals surface area contributed by atoms with Crippen molar-refractivity contribution in [2.75, 3.05) is 40.3 Å². The number of hydrogen-bond acceptors (Lipinski definition) is 3. The molecule has 0 radical (unpaired) electrons. The third kappa shape index (κ3) is 3.56. The lowest BCUT2D eigenvalue weighted by molar-refractivity contribution is -0.0326. The molecular formula is C11H24N2O. The van der Waals surface area contributed by atoms with E-state index in [1.54, 1.807) is 0 Å². The molecule has 0 aromatic heterocycles. The van der Waals surface area contributed by atoms with Crippen molar-refractivity contribution in [1.29, 1.82) is 0 Å². The van der Waals surface area contributed by atoms with Gasteiger partial charge in [0.15, 0.2) is 0 Å². The van der Waals surface area contributed by atoms with Gasteiger partial charge in [0.25, 0.3) is 0 Å². The number of hydrogen-bond donors (Lipinski definition) is 1. The predicted molar refractivity (Wildman–Crippen MR) is 59.4 cm³/mol. The van der Waals surface area contributed by atoms with Crippen LogP contribution in [0.4, 0.5) is 0 Å². The van der Waals surface area contributed by atoms with E-state index in [0.717, 1.165) is 19.0 Å². The van der Waals surface area contributed by atoms with Crippen molar-refractivity contribution in [3.05, 3.63) is 0 Å². The minimum atomic E-state index is -0.567. The van der Waals surface area contributed by atoms with Gasteiger partial charge in [-0.3, -0.25) is 4.90 Å². The molecule has 1 atom stereocenters. The molecule has 1 N–H and O–H groups in total. The largest absolute Gasteiger partial charge is 0.388 e. The van der Waals surface area contributed by atoms with Gasteiger partial charge in [-0.15, -0.1) is 0 Å². The molecule has 1 rings (SSSR count). The highest BCUT2D eigenvalue weighted by atomic mass is 16.3. The standard InChI is InChI=1S/C11H24N2O/c1-5-10-6-13(7-10)9-11(2,14)8-12(3)4/h10,14H,5-9H2,1-4H3. The van der Waals surface area contributed by atoms with Gasteiger partial charge in [-0.2, -0.15) is 0 Å². The summed E-state index contributed by atoms with van der Waals surface area (Å²) in [7, 11) is 4.00.